The maximum absolute atomic E-state index is 12.5. The quantitative estimate of drug-likeness (QED) is 0.647. The van der Waals surface area contributed by atoms with Crippen LogP contribution in [0.3, 0.4) is 0 Å². The zero-order valence-electron chi connectivity index (χ0n) is 17.0. The summed E-state index contributed by atoms with van der Waals surface area (Å²) < 4.78 is 4.63. The number of carbonyl (C=O) groups is 1. The Morgan fingerprint density at radius 3 is 2.62 bits per heavy atom. The highest BCUT2D eigenvalue weighted by molar-refractivity contribution is 8.16. The number of hydrogen-bond donors (Lipinski definition) is 2. The highest BCUT2D eigenvalue weighted by atomic mass is 32.2. The molecule has 0 saturated carbocycles. The van der Waals surface area contributed by atoms with Crippen molar-refractivity contribution >= 4 is 22.6 Å². The molecule has 2 N–H and O–H groups in total. The van der Waals surface area contributed by atoms with E-state index in [-0.39, 0.29) is 10.9 Å². The second-order valence-electron chi connectivity index (χ2n) is 7.46. The molecular weight excluding hydrogens is 384 g/mol. The molecular formula is C23H28N2O3S. The van der Waals surface area contributed by atoms with E-state index in [1.165, 1.54) is 0 Å². The molecule has 0 aromatic heterocycles. The third kappa shape index (κ3) is 4.95. The van der Waals surface area contributed by atoms with Gasteiger partial charge in [0.1, 0.15) is 5.76 Å². The fourth-order valence-corrected chi connectivity index (χ4v) is 4.58. The number of carbonyl (C=O) groups excluding carboxylic acids is 1. The summed E-state index contributed by atoms with van der Waals surface area (Å²) in [5.41, 5.74) is 3.29. The Balaban J connectivity index is 1.69. The lowest BCUT2D eigenvalue weighted by Crippen LogP contribution is -2.37. The van der Waals surface area contributed by atoms with Gasteiger partial charge in [0, 0.05) is 30.8 Å². The van der Waals surface area contributed by atoms with Gasteiger partial charge >= 0.3 is 0 Å². The summed E-state index contributed by atoms with van der Waals surface area (Å²) in [7, 11) is 0. The van der Waals surface area contributed by atoms with Crippen molar-refractivity contribution in [3.8, 4) is 0 Å². The number of nitrogens with one attached hydrogen (secondary N) is 1. The lowest BCUT2D eigenvalue weighted by molar-refractivity contribution is -0.107. The molecule has 2 aliphatic rings. The standard InChI is InChI=1S/C23H28N2O3S/c1-5-16(2)15-23(4)21(26)20(22(27)29-23)14-18-6-8-19(9-7-18)24-17(3)25-10-12-28-13-11-25/h5-9,15,24,26H,1,3,10-14H2,2,4H3/b16-15+. The maximum atomic E-state index is 12.5. The summed E-state index contributed by atoms with van der Waals surface area (Å²) >= 11 is 1.15. The van der Waals surface area contributed by atoms with Gasteiger partial charge in [-0.1, -0.05) is 54.8 Å². The molecule has 154 valence electrons. The average molecular weight is 413 g/mol. The van der Waals surface area contributed by atoms with Gasteiger partial charge in [-0.05, 0) is 31.5 Å². The Hall–Kier alpha value is -2.44. The maximum Gasteiger partial charge on any atom is 0.220 e. The number of nitrogens with zero attached hydrogens (tertiary/aromatic N) is 1. The van der Waals surface area contributed by atoms with Gasteiger partial charge in [0.15, 0.2) is 0 Å². The van der Waals surface area contributed by atoms with E-state index >= 15 is 0 Å². The van der Waals surface area contributed by atoms with Crippen LogP contribution < -0.4 is 5.32 Å². The Kier molecular flexibility index (Phi) is 6.55. The van der Waals surface area contributed by atoms with Gasteiger partial charge in [0.05, 0.1) is 23.8 Å². The monoisotopic (exact) mass is 412 g/mol. The summed E-state index contributed by atoms with van der Waals surface area (Å²) in [5, 5.41) is 14.0. The average Bonchev–Trinajstić information content (AvgIpc) is 2.92. The molecule has 1 atom stereocenters. The number of benzene rings is 1. The van der Waals surface area contributed by atoms with E-state index in [0.29, 0.717) is 25.2 Å². The second-order valence-corrected chi connectivity index (χ2v) is 8.88. The van der Waals surface area contributed by atoms with E-state index in [1.54, 1.807) is 6.08 Å². The first-order chi connectivity index (χ1) is 13.8. The molecule has 2 heterocycles. The van der Waals surface area contributed by atoms with Crippen molar-refractivity contribution in [2.24, 2.45) is 0 Å². The molecule has 0 bridgehead atoms. The molecule has 1 unspecified atom stereocenters. The van der Waals surface area contributed by atoms with Gasteiger partial charge in [-0.3, -0.25) is 4.79 Å². The van der Waals surface area contributed by atoms with E-state index < -0.39 is 4.75 Å². The van der Waals surface area contributed by atoms with Crippen LogP contribution in [0.1, 0.15) is 19.4 Å². The first-order valence-corrected chi connectivity index (χ1v) is 10.5. The molecule has 0 aliphatic carbocycles. The topological polar surface area (TPSA) is 61.8 Å². The minimum absolute atomic E-state index is 0.0824. The molecule has 1 saturated heterocycles. The van der Waals surface area contributed by atoms with Crippen LogP contribution in [0.25, 0.3) is 0 Å². The van der Waals surface area contributed by atoms with Gasteiger partial charge in [0.2, 0.25) is 5.12 Å². The highest BCUT2D eigenvalue weighted by Crippen LogP contribution is 2.45. The number of morpholine rings is 1. The van der Waals surface area contributed by atoms with Crippen LogP contribution in [0.2, 0.25) is 0 Å². The summed E-state index contributed by atoms with van der Waals surface area (Å²) in [5.74, 6) is 0.987. The lowest BCUT2D eigenvalue weighted by atomic mass is 9.97. The third-order valence-corrected chi connectivity index (χ3v) is 6.32. The number of hydrogen-bond acceptors (Lipinski definition) is 6. The van der Waals surface area contributed by atoms with Crippen LogP contribution >= 0.6 is 11.8 Å². The van der Waals surface area contributed by atoms with Crippen molar-refractivity contribution in [3.05, 3.63) is 77.9 Å². The van der Waals surface area contributed by atoms with Crippen LogP contribution in [-0.2, 0) is 16.0 Å². The highest BCUT2D eigenvalue weighted by Gasteiger charge is 2.41. The molecule has 0 amide bonds. The predicted molar refractivity (Wildman–Crippen MR) is 120 cm³/mol. The van der Waals surface area contributed by atoms with Crippen molar-refractivity contribution < 1.29 is 14.6 Å². The van der Waals surface area contributed by atoms with Gasteiger partial charge in [0.25, 0.3) is 0 Å². The van der Waals surface area contributed by atoms with E-state index in [9.17, 15) is 9.90 Å². The van der Waals surface area contributed by atoms with E-state index in [1.807, 2.05) is 44.2 Å². The molecule has 29 heavy (non-hydrogen) atoms. The summed E-state index contributed by atoms with van der Waals surface area (Å²) in [6.45, 7) is 14.7. The number of allylic oxidation sites excluding steroid dienone is 2. The van der Waals surface area contributed by atoms with Crippen molar-refractivity contribution in [3.63, 3.8) is 0 Å². The lowest BCUT2D eigenvalue weighted by Gasteiger charge is -2.30. The summed E-state index contributed by atoms with van der Waals surface area (Å²) in [6, 6.07) is 7.86. The minimum Gasteiger partial charge on any atom is -0.510 e. The molecule has 3 rings (SSSR count). The van der Waals surface area contributed by atoms with Crippen molar-refractivity contribution in [1.82, 2.24) is 4.90 Å². The molecule has 1 fully saturated rings. The Bertz CT molecular complexity index is 867. The number of anilines is 1. The largest absolute Gasteiger partial charge is 0.510 e. The van der Waals surface area contributed by atoms with E-state index in [2.05, 4.69) is 23.4 Å². The van der Waals surface area contributed by atoms with E-state index in [0.717, 1.165) is 47.5 Å². The number of ether oxygens (including phenoxy) is 1. The fourth-order valence-electron chi connectivity index (χ4n) is 3.43. The molecule has 6 heteroatoms. The van der Waals surface area contributed by atoms with Crippen LogP contribution in [-0.4, -0.2) is 46.2 Å². The molecule has 1 aromatic carbocycles. The predicted octanol–water partition coefficient (Wildman–Crippen LogP) is 4.42. The van der Waals surface area contributed by atoms with Crippen LogP contribution in [0, 0.1) is 0 Å². The number of thioether (sulfide) groups is 1. The second kappa shape index (κ2) is 8.93. The first kappa shape index (κ1) is 21.3. The smallest absolute Gasteiger partial charge is 0.220 e. The van der Waals surface area contributed by atoms with Gasteiger partial charge in [-0.25, -0.2) is 0 Å². The summed E-state index contributed by atoms with van der Waals surface area (Å²) in [6.07, 6.45) is 4.01. The van der Waals surface area contributed by atoms with Crippen LogP contribution in [0.4, 0.5) is 5.69 Å². The molecule has 2 aliphatic heterocycles. The normalized spacial score (nSPS) is 22.8. The van der Waals surface area contributed by atoms with Gasteiger partial charge in [-0.15, -0.1) is 0 Å². The van der Waals surface area contributed by atoms with Crippen LogP contribution in [0.15, 0.2) is 72.3 Å². The zero-order valence-corrected chi connectivity index (χ0v) is 17.8. The van der Waals surface area contributed by atoms with Crippen molar-refractivity contribution in [2.45, 2.75) is 25.0 Å². The number of aliphatic hydroxyl groups is 1. The Morgan fingerprint density at radius 1 is 1.34 bits per heavy atom. The Morgan fingerprint density at radius 2 is 2.00 bits per heavy atom. The molecule has 1 aromatic rings. The molecule has 0 spiro atoms. The minimum atomic E-state index is -0.734. The number of rotatable bonds is 7. The molecule has 0 radical (unpaired) electrons. The summed E-state index contributed by atoms with van der Waals surface area (Å²) in [4.78, 5) is 14.7. The Labute approximate surface area is 176 Å². The first-order valence-electron chi connectivity index (χ1n) is 9.68. The van der Waals surface area contributed by atoms with Crippen molar-refractivity contribution in [1.29, 1.82) is 0 Å². The fraction of sp³-hybridized carbons (Fsp3) is 0.348. The van der Waals surface area contributed by atoms with Gasteiger partial charge in [-0.2, -0.15) is 0 Å². The van der Waals surface area contributed by atoms with Crippen molar-refractivity contribution in [2.75, 3.05) is 31.6 Å². The third-order valence-electron chi connectivity index (χ3n) is 5.15. The number of aliphatic hydroxyl groups excluding tert-OH is 1. The SMILES string of the molecule is C=C/C(C)=C/C1(C)SC(=O)C(Cc2ccc(NC(=C)N3CCOCC3)cc2)=C1O. The molecule has 5 nitrogen and oxygen atoms in total. The van der Waals surface area contributed by atoms with Crippen LogP contribution in [0.5, 0.6) is 0 Å². The van der Waals surface area contributed by atoms with E-state index in [4.69, 9.17) is 4.74 Å². The van der Waals surface area contributed by atoms with Gasteiger partial charge < -0.3 is 20.1 Å². The zero-order chi connectivity index (χ0) is 21.0.